The van der Waals surface area contributed by atoms with Crippen molar-refractivity contribution >= 4 is 7.32 Å². The minimum absolute atomic E-state index is 0. The number of alkyl halides is 6. The molecule has 1 aromatic rings. The van der Waals surface area contributed by atoms with E-state index in [0.717, 1.165) is 0 Å². The van der Waals surface area contributed by atoms with Gasteiger partial charge in [0.05, 0.1) is 0 Å². The van der Waals surface area contributed by atoms with Crippen LogP contribution in [-0.4, -0.2) is 33.3 Å². The Hall–Kier alpha value is -0.335. The summed E-state index contributed by atoms with van der Waals surface area (Å²) in [5.41, 5.74) is -2.71. The molecule has 0 saturated heterocycles. The fourth-order valence-electron chi connectivity index (χ4n) is 0.799. The van der Waals surface area contributed by atoms with Crippen LogP contribution in [0.2, 0.25) is 0 Å². The average Bonchev–Trinajstić information content (AvgIpc) is 2.14. The van der Waals surface area contributed by atoms with E-state index in [1.165, 1.54) is 0 Å². The van der Waals surface area contributed by atoms with Gasteiger partial charge >= 0.3 is 49.2 Å². The molecule has 0 aliphatic rings. The number of halogens is 6. The summed E-state index contributed by atoms with van der Waals surface area (Å²) in [6.07, 6.45) is -9.56. The summed E-state index contributed by atoms with van der Waals surface area (Å²) >= 11 is 0. The van der Waals surface area contributed by atoms with Gasteiger partial charge < -0.3 is 26.0 Å². The van der Waals surface area contributed by atoms with Crippen molar-refractivity contribution in [2.45, 2.75) is 12.4 Å². The molecule has 1 rings (SSSR count). The molecule has 0 saturated carbocycles. The van der Waals surface area contributed by atoms with E-state index < -0.39 is 30.8 Å². The summed E-state index contributed by atoms with van der Waals surface area (Å²) in [6.45, 7) is 0. The second kappa shape index (κ2) is 11.3. The van der Waals surface area contributed by atoms with Crippen molar-refractivity contribution in [1.29, 1.82) is 0 Å². The van der Waals surface area contributed by atoms with Crippen LogP contribution < -0.4 is 29.6 Å². The van der Waals surface area contributed by atoms with Gasteiger partial charge in [-0.1, -0.05) is 11.1 Å². The third kappa shape index (κ3) is 13.1. The molecule has 5 nitrogen and oxygen atoms in total. The van der Waals surface area contributed by atoms with E-state index in [0.29, 0.717) is 12.1 Å². The molecule has 0 bridgehead atoms. The SMILES string of the molecule is FC(F)(F)c1c[c-]cc(C(F)(F)F)c1.O.O.OB(O)O.[Na+]. The van der Waals surface area contributed by atoms with Crippen LogP contribution >= 0.6 is 0 Å². The molecule has 13 heteroatoms. The number of hydrogen-bond acceptors (Lipinski definition) is 3. The molecule has 0 atom stereocenters. The van der Waals surface area contributed by atoms with Gasteiger partial charge in [0, 0.05) is 0 Å². The maximum Gasteiger partial charge on any atom is 1.00 e. The van der Waals surface area contributed by atoms with Crippen LogP contribution in [0.5, 0.6) is 0 Å². The summed E-state index contributed by atoms with van der Waals surface area (Å²) in [5.74, 6) is 0. The summed E-state index contributed by atoms with van der Waals surface area (Å²) in [4.78, 5) is 0. The Morgan fingerprint density at radius 2 is 1.05 bits per heavy atom. The van der Waals surface area contributed by atoms with Gasteiger partial charge in [-0.25, -0.2) is 0 Å². The Morgan fingerprint density at radius 3 is 1.24 bits per heavy atom. The summed E-state index contributed by atoms with van der Waals surface area (Å²) in [7, 11) is -2.17. The molecule has 0 fully saturated rings. The van der Waals surface area contributed by atoms with Gasteiger partial charge in [0.15, 0.2) is 0 Å². The predicted octanol–water partition coefficient (Wildman–Crippen LogP) is -3.17. The first-order chi connectivity index (χ1) is 7.94. The summed E-state index contributed by atoms with van der Waals surface area (Å²) < 4.78 is 71.8. The van der Waals surface area contributed by atoms with Crippen LogP contribution in [-0.2, 0) is 12.4 Å². The van der Waals surface area contributed by atoms with Crippen LogP contribution in [0.3, 0.4) is 0 Å². The second-order valence-electron chi connectivity index (χ2n) is 2.85. The summed E-state index contributed by atoms with van der Waals surface area (Å²) in [5, 5.41) is 21.5. The Labute approximate surface area is 137 Å². The normalized spacial score (nSPS) is 9.95. The van der Waals surface area contributed by atoms with Crippen molar-refractivity contribution in [3.63, 3.8) is 0 Å². The van der Waals surface area contributed by atoms with Crippen molar-refractivity contribution in [1.82, 2.24) is 0 Å². The second-order valence-corrected chi connectivity index (χ2v) is 2.85. The van der Waals surface area contributed by atoms with E-state index in [1.807, 2.05) is 0 Å². The van der Waals surface area contributed by atoms with E-state index in [4.69, 9.17) is 15.1 Å². The molecule has 0 spiro atoms. The smallest absolute Gasteiger partial charge is 0.412 e. The van der Waals surface area contributed by atoms with Crippen LogP contribution in [0.25, 0.3) is 0 Å². The third-order valence-corrected chi connectivity index (χ3v) is 1.44. The van der Waals surface area contributed by atoms with Crippen LogP contribution in [0.1, 0.15) is 11.1 Å². The Kier molecular flexibility index (Phi) is 15.4. The molecule has 7 N–H and O–H groups in total. The first-order valence-electron chi connectivity index (χ1n) is 4.14. The average molecular weight is 334 g/mol. The Balaban J connectivity index is -0.000000185. The van der Waals surface area contributed by atoms with Gasteiger partial charge in [-0.2, -0.15) is 44.5 Å². The minimum atomic E-state index is -4.78. The van der Waals surface area contributed by atoms with Crippen molar-refractivity contribution in [2.75, 3.05) is 0 Å². The van der Waals surface area contributed by atoms with Gasteiger partial charge in [0.25, 0.3) is 0 Å². The molecular weight excluding hydrogens is 324 g/mol. The third-order valence-electron chi connectivity index (χ3n) is 1.44. The zero-order valence-corrected chi connectivity index (χ0v) is 12.4. The summed E-state index contributed by atoms with van der Waals surface area (Å²) in [6, 6.07) is 2.79. The van der Waals surface area contributed by atoms with Crippen molar-refractivity contribution in [3.05, 3.63) is 35.4 Å². The van der Waals surface area contributed by atoms with Crippen molar-refractivity contribution in [3.8, 4) is 0 Å². The Morgan fingerprint density at radius 1 is 0.810 bits per heavy atom. The fraction of sp³-hybridized carbons (Fsp3) is 0.250. The molecular formula is C8H10BF6NaO5. The Bertz CT molecular complexity index is 354. The van der Waals surface area contributed by atoms with Crippen LogP contribution in [0, 0.1) is 6.07 Å². The maximum atomic E-state index is 12.0. The predicted molar refractivity (Wildman–Crippen MR) is 54.9 cm³/mol. The zero-order valence-electron chi connectivity index (χ0n) is 10.4. The van der Waals surface area contributed by atoms with E-state index in [9.17, 15) is 26.3 Å². The van der Waals surface area contributed by atoms with Gasteiger partial charge in [0.2, 0.25) is 0 Å². The molecule has 0 radical (unpaired) electrons. The van der Waals surface area contributed by atoms with Crippen molar-refractivity contribution < 1.29 is 81.9 Å². The first-order valence-corrected chi connectivity index (χ1v) is 4.14. The van der Waals surface area contributed by atoms with Gasteiger partial charge in [-0.3, -0.25) is 0 Å². The van der Waals surface area contributed by atoms with E-state index in [-0.39, 0.29) is 46.6 Å². The number of hydrogen-bond donors (Lipinski definition) is 3. The van der Waals surface area contributed by atoms with E-state index in [1.54, 1.807) is 6.07 Å². The molecule has 0 amide bonds. The van der Waals surface area contributed by atoms with Gasteiger partial charge in [-0.05, 0) is 0 Å². The molecule has 0 heterocycles. The molecule has 21 heavy (non-hydrogen) atoms. The minimum Gasteiger partial charge on any atom is -0.412 e. The zero-order chi connectivity index (χ0) is 14.6. The largest absolute Gasteiger partial charge is 1.00 e. The standard InChI is InChI=1S/C8H3F6.BH3O3.Na.2H2O/c9-7(10,11)5-2-1-3-6(4-5)8(12,13)14;2-1(3)4;;;/h2-4H;2-4H;;2*1H2/q-1;;+1;;. The van der Waals surface area contributed by atoms with Gasteiger partial charge in [0.1, 0.15) is 0 Å². The molecule has 0 aromatic heterocycles. The quantitative estimate of drug-likeness (QED) is 0.263. The molecule has 0 unspecified atom stereocenters. The molecule has 1 aromatic carbocycles. The van der Waals surface area contributed by atoms with Gasteiger partial charge in [-0.15, -0.1) is 6.07 Å². The number of benzene rings is 1. The fourth-order valence-corrected chi connectivity index (χ4v) is 0.799. The van der Waals surface area contributed by atoms with E-state index in [2.05, 4.69) is 0 Å². The number of rotatable bonds is 0. The van der Waals surface area contributed by atoms with E-state index >= 15 is 0 Å². The molecule has 0 aliphatic carbocycles. The van der Waals surface area contributed by atoms with Crippen LogP contribution in [0.15, 0.2) is 18.2 Å². The molecule has 0 aliphatic heterocycles. The monoisotopic (exact) mass is 334 g/mol. The topological polar surface area (TPSA) is 124 Å². The maximum absolute atomic E-state index is 12.0. The van der Waals surface area contributed by atoms with Crippen LogP contribution in [0.4, 0.5) is 26.3 Å². The molecule has 118 valence electrons. The van der Waals surface area contributed by atoms with Crippen molar-refractivity contribution in [2.24, 2.45) is 0 Å². The first kappa shape index (κ1) is 28.8.